The predicted molar refractivity (Wildman–Crippen MR) is 145 cm³/mol. The number of hydrogen-bond donors (Lipinski definition) is 1. The molecule has 0 fully saturated rings. The molecule has 0 radical (unpaired) electrons. The maximum Gasteiger partial charge on any atom is 0.264 e. The number of amides is 1. The molecule has 36 heavy (non-hydrogen) atoms. The highest BCUT2D eigenvalue weighted by Crippen LogP contribution is 2.30. The molecule has 0 spiro atoms. The lowest BCUT2D eigenvalue weighted by Gasteiger charge is -2.26. The zero-order valence-corrected chi connectivity index (χ0v) is 21.8. The number of benzene rings is 4. The van der Waals surface area contributed by atoms with Crippen LogP contribution in [0.4, 0.5) is 5.69 Å². The number of sulfonamides is 1. The van der Waals surface area contributed by atoms with Crippen LogP contribution in [0.15, 0.2) is 108 Å². The molecule has 0 aromatic heterocycles. The SMILES string of the molecule is Cc1ccc(C(NC(=O)CN(c2cc(Cl)cc(Cl)c2)S(=O)(=O)c2ccccc2)c2ccccc2)cc1. The van der Waals surface area contributed by atoms with Gasteiger partial charge in [0.05, 0.1) is 16.6 Å². The first-order valence-electron chi connectivity index (χ1n) is 11.2. The lowest BCUT2D eigenvalue weighted by Crippen LogP contribution is -2.42. The van der Waals surface area contributed by atoms with E-state index in [-0.39, 0.29) is 20.6 Å². The molecule has 0 saturated heterocycles. The summed E-state index contributed by atoms with van der Waals surface area (Å²) in [5.74, 6) is -0.486. The second kappa shape index (κ2) is 11.2. The molecule has 0 heterocycles. The van der Waals surface area contributed by atoms with E-state index in [4.69, 9.17) is 23.2 Å². The second-order valence-corrected chi connectivity index (χ2v) is 11.0. The molecule has 0 bridgehead atoms. The van der Waals surface area contributed by atoms with Crippen LogP contribution in [0, 0.1) is 6.92 Å². The Balaban J connectivity index is 1.70. The number of anilines is 1. The van der Waals surface area contributed by atoms with Gasteiger partial charge in [0.1, 0.15) is 6.54 Å². The smallest absolute Gasteiger partial charge is 0.264 e. The second-order valence-electron chi connectivity index (χ2n) is 8.27. The van der Waals surface area contributed by atoms with Crippen LogP contribution in [-0.4, -0.2) is 20.9 Å². The highest BCUT2D eigenvalue weighted by atomic mass is 35.5. The molecule has 1 unspecified atom stereocenters. The zero-order valence-electron chi connectivity index (χ0n) is 19.4. The first-order chi connectivity index (χ1) is 17.2. The molecule has 4 aromatic rings. The summed E-state index contributed by atoms with van der Waals surface area (Å²) in [6, 6.07) is 29.2. The molecule has 0 aliphatic rings. The topological polar surface area (TPSA) is 66.5 Å². The molecule has 5 nitrogen and oxygen atoms in total. The Kier molecular flexibility index (Phi) is 7.99. The molecule has 0 aliphatic heterocycles. The summed E-state index contributed by atoms with van der Waals surface area (Å²) >= 11 is 12.4. The monoisotopic (exact) mass is 538 g/mol. The van der Waals surface area contributed by atoms with Gasteiger partial charge in [0, 0.05) is 10.0 Å². The fraction of sp³-hybridized carbons (Fsp3) is 0.107. The van der Waals surface area contributed by atoms with Gasteiger partial charge in [-0.3, -0.25) is 9.10 Å². The van der Waals surface area contributed by atoms with Crippen molar-refractivity contribution in [3.63, 3.8) is 0 Å². The number of carbonyl (C=O) groups is 1. The third kappa shape index (κ3) is 6.08. The Bertz CT molecular complexity index is 1430. The molecule has 4 rings (SSSR count). The zero-order chi connectivity index (χ0) is 25.7. The van der Waals surface area contributed by atoms with Crippen LogP contribution in [0.25, 0.3) is 0 Å². The van der Waals surface area contributed by atoms with Crippen molar-refractivity contribution in [3.8, 4) is 0 Å². The summed E-state index contributed by atoms with van der Waals surface area (Å²) in [6.45, 7) is 1.52. The van der Waals surface area contributed by atoms with Crippen molar-refractivity contribution in [3.05, 3.63) is 130 Å². The van der Waals surface area contributed by atoms with E-state index >= 15 is 0 Å². The van der Waals surface area contributed by atoms with Crippen molar-refractivity contribution in [1.29, 1.82) is 0 Å². The minimum Gasteiger partial charge on any atom is -0.344 e. The first-order valence-corrected chi connectivity index (χ1v) is 13.4. The molecule has 0 aliphatic carbocycles. The van der Waals surface area contributed by atoms with Gasteiger partial charge in [0.25, 0.3) is 10.0 Å². The summed E-state index contributed by atoms with van der Waals surface area (Å²) in [5, 5.41) is 3.53. The van der Waals surface area contributed by atoms with E-state index in [0.29, 0.717) is 0 Å². The molecule has 0 saturated carbocycles. The highest BCUT2D eigenvalue weighted by Gasteiger charge is 2.29. The standard InChI is InChI=1S/C28H24Cl2N2O3S/c1-20-12-14-22(15-13-20)28(21-8-4-2-5-9-21)31-27(33)19-32(25-17-23(29)16-24(30)18-25)36(34,35)26-10-6-3-7-11-26/h2-18,28H,19H2,1H3,(H,31,33). The third-order valence-electron chi connectivity index (χ3n) is 5.60. The summed E-state index contributed by atoms with van der Waals surface area (Å²) < 4.78 is 28.2. The number of nitrogens with one attached hydrogen (secondary N) is 1. The van der Waals surface area contributed by atoms with Gasteiger partial charge in [-0.1, -0.05) is 102 Å². The van der Waals surface area contributed by atoms with Crippen molar-refractivity contribution in [1.82, 2.24) is 5.32 Å². The Morgan fingerprint density at radius 2 is 1.33 bits per heavy atom. The van der Waals surface area contributed by atoms with Crippen molar-refractivity contribution in [2.45, 2.75) is 17.9 Å². The van der Waals surface area contributed by atoms with Crippen LogP contribution >= 0.6 is 23.2 Å². The van der Waals surface area contributed by atoms with Gasteiger partial charge >= 0.3 is 0 Å². The average Bonchev–Trinajstić information content (AvgIpc) is 2.87. The molecule has 8 heteroatoms. The minimum absolute atomic E-state index is 0.0482. The predicted octanol–water partition coefficient (Wildman–Crippen LogP) is 6.40. The molecule has 1 atom stereocenters. The largest absolute Gasteiger partial charge is 0.344 e. The molecular weight excluding hydrogens is 515 g/mol. The first kappa shape index (κ1) is 25.8. The van der Waals surface area contributed by atoms with E-state index in [1.807, 2.05) is 61.5 Å². The van der Waals surface area contributed by atoms with Gasteiger partial charge < -0.3 is 5.32 Å². The lowest BCUT2D eigenvalue weighted by atomic mass is 9.98. The van der Waals surface area contributed by atoms with Crippen molar-refractivity contribution in [2.75, 3.05) is 10.8 Å². The number of carbonyl (C=O) groups excluding carboxylic acids is 1. The number of hydrogen-bond acceptors (Lipinski definition) is 3. The van der Waals surface area contributed by atoms with Gasteiger partial charge in [-0.15, -0.1) is 0 Å². The quantitative estimate of drug-likeness (QED) is 0.282. The third-order valence-corrected chi connectivity index (χ3v) is 7.83. The highest BCUT2D eigenvalue weighted by molar-refractivity contribution is 7.92. The van der Waals surface area contributed by atoms with Crippen LogP contribution in [0.2, 0.25) is 10.0 Å². The molecule has 1 N–H and O–H groups in total. The van der Waals surface area contributed by atoms with E-state index in [1.54, 1.807) is 18.2 Å². The Morgan fingerprint density at radius 1 is 0.806 bits per heavy atom. The number of aryl methyl sites for hydroxylation is 1. The Morgan fingerprint density at radius 3 is 1.92 bits per heavy atom. The van der Waals surface area contributed by atoms with Gasteiger partial charge in [-0.25, -0.2) is 8.42 Å². The van der Waals surface area contributed by atoms with Gasteiger partial charge in [-0.05, 0) is 48.4 Å². The van der Waals surface area contributed by atoms with Crippen LogP contribution in [-0.2, 0) is 14.8 Å². The fourth-order valence-electron chi connectivity index (χ4n) is 3.82. The van der Waals surface area contributed by atoms with E-state index in [9.17, 15) is 13.2 Å². The maximum absolute atomic E-state index is 13.6. The van der Waals surface area contributed by atoms with E-state index in [0.717, 1.165) is 21.0 Å². The summed E-state index contributed by atoms with van der Waals surface area (Å²) in [6.07, 6.45) is 0. The van der Waals surface area contributed by atoms with E-state index < -0.39 is 28.5 Å². The van der Waals surface area contributed by atoms with Crippen molar-refractivity contribution < 1.29 is 13.2 Å². The minimum atomic E-state index is -4.10. The Hall–Kier alpha value is -3.32. The summed E-state index contributed by atoms with van der Waals surface area (Å²) in [7, 11) is -4.10. The average molecular weight is 539 g/mol. The van der Waals surface area contributed by atoms with Crippen molar-refractivity contribution >= 4 is 44.8 Å². The number of halogens is 2. The van der Waals surface area contributed by atoms with Gasteiger partial charge in [0.2, 0.25) is 5.91 Å². The molecule has 4 aromatic carbocycles. The van der Waals surface area contributed by atoms with Gasteiger partial charge in [-0.2, -0.15) is 0 Å². The normalized spacial score (nSPS) is 12.1. The lowest BCUT2D eigenvalue weighted by molar-refractivity contribution is -0.120. The van der Waals surface area contributed by atoms with Gasteiger partial charge in [0.15, 0.2) is 0 Å². The van der Waals surface area contributed by atoms with E-state index in [1.165, 1.54) is 30.3 Å². The van der Waals surface area contributed by atoms with E-state index in [2.05, 4.69) is 5.32 Å². The summed E-state index contributed by atoms with van der Waals surface area (Å²) in [4.78, 5) is 13.5. The Labute approximate surface area is 221 Å². The molecular formula is C28H24Cl2N2O3S. The van der Waals surface area contributed by atoms with Crippen LogP contribution in [0.5, 0.6) is 0 Å². The maximum atomic E-state index is 13.6. The fourth-order valence-corrected chi connectivity index (χ4v) is 5.76. The molecule has 1 amide bonds. The molecule has 184 valence electrons. The summed E-state index contributed by atoms with van der Waals surface area (Å²) in [5.41, 5.74) is 3.04. The number of nitrogens with zero attached hydrogens (tertiary/aromatic N) is 1. The van der Waals surface area contributed by atoms with Crippen molar-refractivity contribution in [2.24, 2.45) is 0 Å². The van der Waals surface area contributed by atoms with Crippen LogP contribution in [0.1, 0.15) is 22.7 Å². The van der Waals surface area contributed by atoms with Crippen LogP contribution < -0.4 is 9.62 Å². The van der Waals surface area contributed by atoms with Crippen LogP contribution in [0.3, 0.4) is 0 Å². The number of rotatable bonds is 8.